The van der Waals surface area contributed by atoms with Gasteiger partial charge in [0, 0.05) is 13.1 Å². The number of carbonyl (C=O) groups excluding carboxylic acids is 2. The Hall–Kier alpha value is -1.99. The fourth-order valence-corrected chi connectivity index (χ4v) is 1.99. The van der Waals surface area contributed by atoms with Gasteiger partial charge in [0.1, 0.15) is 5.54 Å². The van der Waals surface area contributed by atoms with Crippen molar-refractivity contribution in [2.75, 3.05) is 13.1 Å². The Bertz CT molecular complexity index is 339. The maximum atomic E-state index is 11.5. The number of amides is 4. The summed E-state index contributed by atoms with van der Waals surface area (Å²) in [6.45, 7) is 0.382. The van der Waals surface area contributed by atoms with Gasteiger partial charge in [-0.05, 0) is 12.8 Å². The normalized spacial score (nSPS) is 16.9. The van der Waals surface area contributed by atoms with Gasteiger partial charge in [-0.25, -0.2) is 14.4 Å². The van der Waals surface area contributed by atoms with Gasteiger partial charge in [0.25, 0.3) is 0 Å². The van der Waals surface area contributed by atoms with E-state index in [-0.39, 0.29) is 13.1 Å². The largest absolute Gasteiger partial charge is 0.480 e. The van der Waals surface area contributed by atoms with Crippen molar-refractivity contribution in [2.24, 2.45) is 5.73 Å². The van der Waals surface area contributed by atoms with Crippen LogP contribution >= 0.6 is 0 Å². The molecule has 8 nitrogen and oxygen atoms in total. The van der Waals surface area contributed by atoms with Gasteiger partial charge in [-0.2, -0.15) is 0 Å². The number of nitrogens with two attached hydrogens (primary N) is 1. The van der Waals surface area contributed by atoms with Crippen molar-refractivity contribution in [1.29, 1.82) is 0 Å². The Morgan fingerprint density at radius 2 is 1.67 bits per heavy atom. The van der Waals surface area contributed by atoms with E-state index in [9.17, 15) is 14.4 Å². The van der Waals surface area contributed by atoms with Crippen LogP contribution in [-0.2, 0) is 4.79 Å². The average Bonchev–Trinajstić information content (AvgIpc) is 2.74. The molecule has 0 aliphatic heterocycles. The molecule has 8 heteroatoms. The van der Waals surface area contributed by atoms with E-state index in [1.807, 2.05) is 0 Å². The minimum absolute atomic E-state index is 0.185. The van der Waals surface area contributed by atoms with Crippen LogP contribution in [0.15, 0.2) is 0 Å². The third-order valence-electron chi connectivity index (χ3n) is 2.93. The van der Waals surface area contributed by atoms with Crippen LogP contribution in [0, 0.1) is 0 Å². The molecule has 1 fully saturated rings. The summed E-state index contributed by atoms with van der Waals surface area (Å²) >= 11 is 0. The van der Waals surface area contributed by atoms with Gasteiger partial charge in [0.05, 0.1) is 0 Å². The maximum Gasteiger partial charge on any atom is 0.329 e. The molecule has 0 saturated heterocycles. The van der Waals surface area contributed by atoms with Gasteiger partial charge in [-0.15, -0.1) is 0 Å². The summed E-state index contributed by atoms with van der Waals surface area (Å²) < 4.78 is 0. The summed E-state index contributed by atoms with van der Waals surface area (Å²) in [6.07, 6.45) is 2.45. The van der Waals surface area contributed by atoms with E-state index >= 15 is 0 Å². The van der Waals surface area contributed by atoms with E-state index in [1.54, 1.807) is 0 Å². The molecule has 0 spiro atoms. The smallest absolute Gasteiger partial charge is 0.329 e. The first-order valence-electron chi connectivity index (χ1n) is 5.79. The highest BCUT2D eigenvalue weighted by Crippen LogP contribution is 2.29. The molecule has 102 valence electrons. The zero-order valence-corrected chi connectivity index (χ0v) is 9.99. The second kappa shape index (κ2) is 6.08. The number of hydrogen-bond acceptors (Lipinski definition) is 3. The third-order valence-corrected chi connectivity index (χ3v) is 2.93. The van der Waals surface area contributed by atoms with Crippen LogP contribution in [0.1, 0.15) is 25.7 Å². The first kappa shape index (κ1) is 14.1. The van der Waals surface area contributed by atoms with E-state index in [0.29, 0.717) is 12.8 Å². The lowest BCUT2D eigenvalue weighted by Crippen LogP contribution is -2.56. The molecule has 0 unspecified atom stereocenters. The van der Waals surface area contributed by atoms with E-state index in [2.05, 4.69) is 16.0 Å². The van der Waals surface area contributed by atoms with Crippen LogP contribution in [0.3, 0.4) is 0 Å². The predicted octanol–water partition coefficient (Wildman–Crippen LogP) is -0.649. The van der Waals surface area contributed by atoms with E-state index in [0.717, 1.165) is 12.8 Å². The molecule has 1 aliphatic carbocycles. The van der Waals surface area contributed by atoms with Gasteiger partial charge in [-0.3, -0.25) is 0 Å². The number of carbonyl (C=O) groups is 3. The first-order valence-corrected chi connectivity index (χ1v) is 5.79. The van der Waals surface area contributed by atoms with Crippen molar-refractivity contribution in [3.63, 3.8) is 0 Å². The molecule has 0 aromatic carbocycles. The number of nitrogens with one attached hydrogen (secondary N) is 3. The minimum Gasteiger partial charge on any atom is -0.480 e. The highest BCUT2D eigenvalue weighted by Gasteiger charge is 2.42. The number of hydrogen-bond donors (Lipinski definition) is 5. The molecule has 1 aliphatic rings. The van der Waals surface area contributed by atoms with Crippen LogP contribution in [-0.4, -0.2) is 41.8 Å². The standard InChI is InChI=1S/C10H18N4O4/c11-8(17)12-5-6-13-9(18)14-10(7(15)16)3-1-2-4-10/h1-6H2,(H,15,16)(H3,11,12,17)(H2,13,14,18). The average molecular weight is 258 g/mol. The van der Waals surface area contributed by atoms with E-state index < -0.39 is 23.6 Å². The van der Waals surface area contributed by atoms with Crippen LogP contribution < -0.4 is 21.7 Å². The maximum absolute atomic E-state index is 11.5. The summed E-state index contributed by atoms with van der Waals surface area (Å²) in [7, 11) is 0. The summed E-state index contributed by atoms with van der Waals surface area (Å²) in [5.41, 5.74) is 3.69. The SMILES string of the molecule is NC(=O)NCCNC(=O)NC1(C(=O)O)CCCC1. The van der Waals surface area contributed by atoms with Gasteiger partial charge in [0.15, 0.2) is 0 Å². The monoisotopic (exact) mass is 258 g/mol. The molecule has 0 heterocycles. The molecule has 1 saturated carbocycles. The lowest BCUT2D eigenvalue weighted by molar-refractivity contribution is -0.144. The molecule has 0 radical (unpaired) electrons. The molecule has 4 amide bonds. The predicted molar refractivity (Wildman–Crippen MR) is 63.0 cm³/mol. The van der Waals surface area contributed by atoms with Gasteiger partial charge >= 0.3 is 18.0 Å². The summed E-state index contributed by atoms with van der Waals surface area (Å²) in [4.78, 5) is 33.1. The Kier molecular flexibility index (Phi) is 4.75. The third kappa shape index (κ3) is 3.79. The molecule has 18 heavy (non-hydrogen) atoms. The Labute approximate surface area is 104 Å². The first-order chi connectivity index (χ1) is 8.46. The zero-order valence-electron chi connectivity index (χ0n) is 9.99. The van der Waals surface area contributed by atoms with E-state index in [1.165, 1.54) is 0 Å². The number of urea groups is 2. The fraction of sp³-hybridized carbons (Fsp3) is 0.700. The fourth-order valence-electron chi connectivity index (χ4n) is 1.99. The Morgan fingerprint density at radius 1 is 1.11 bits per heavy atom. The van der Waals surface area contributed by atoms with Crippen molar-refractivity contribution in [3.8, 4) is 0 Å². The number of rotatable bonds is 5. The van der Waals surface area contributed by atoms with Gasteiger partial charge in [0.2, 0.25) is 0 Å². The summed E-state index contributed by atoms with van der Waals surface area (Å²) in [6, 6.07) is -1.22. The van der Waals surface area contributed by atoms with Crippen molar-refractivity contribution in [1.82, 2.24) is 16.0 Å². The van der Waals surface area contributed by atoms with Crippen molar-refractivity contribution in [3.05, 3.63) is 0 Å². The van der Waals surface area contributed by atoms with Crippen LogP contribution in [0.5, 0.6) is 0 Å². The van der Waals surface area contributed by atoms with E-state index in [4.69, 9.17) is 10.8 Å². The molecule has 0 aromatic rings. The summed E-state index contributed by atoms with van der Waals surface area (Å²) in [5.74, 6) is -1.01. The molecule has 0 bridgehead atoms. The van der Waals surface area contributed by atoms with Gasteiger partial charge in [-0.1, -0.05) is 12.8 Å². The van der Waals surface area contributed by atoms with Crippen molar-refractivity contribution in [2.45, 2.75) is 31.2 Å². The topological polar surface area (TPSA) is 134 Å². The molecule has 1 rings (SSSR count). The molecule has 0 aromatic heterocycles. The Morgan fingerprint density at radius 3 is 2.17 bits per heavy atom. The highest BCUT2D eigenvalue weighted by molar-refractivity contribution is 5.86. The second-order valence-corrected chi connectivity index (χ2v) is 4.27. The van der Waals surface area contributed by atoms with Crippen molar-refractivity contribution >= 4 is 18.0 Å². The quantitative estimate of drug-likeness (QED) is 0.419. The van der Waals surface area contributed by atoms with Gasteiger partial charge < -0.3 is 26.8 Å². The van der Waals surface area contributed by atoms with Crippen LogP contribution in [0.4, 0.5) is 9.59 Å². The lowest BCUT2D eigenvalue weighted by atomic mass is 9.98. The number of primary amides is 1. The van der Waals surface area contributed by atoms with Crippen LogP contribution in [0.25, 0.3) is 0 Å². The lowest BCUT2D eigenvalue weighted by Gasteiger charge is -2.25. The van der Waals surface area contributed by atoms with Crippen LogP contribution in [0.2, 0.25) is 0 Å². The number of carboxylic acids is 1. The molecular weight excluding hydrogens is 240 g/mol. The number of carboxylic acid groups (broad SMARTS) is 1. The summed E-state index contributed by atoms with van der Waals surface area (Å²) in [5, 5.41) is 16.4. The number of aliphatic carboxylic acids is 1. The minimum atomic E-state index is -1.15. The molecule has 0 atom stereocenters. The highest BCUT2D eigenvalue weighted by atomic mass is 16.4. The Balaban J connectivity index is 2.34. The second-order valence-electron chi connectivity index (χ2n) is 4.27. The molecule has 6 N–H and O–H groups in total. The van der Waals surface area contributed by atoms with Crippen molar-refractivity contribution < 1.29 is 19.5 Å². The zero-order chi connectivity index (χ0) is 13.6. The molecular formula is C10H18N4O4.